The largest absolute Gasteiger partial charge is 0.456 e. The molecule has 0 amide bonds. The van der Waals surface area contributed by atoms with Gasteiger partial charge in [-0.05, 0) is 113 Å². The molecule has 0 saturated carbocycles. The first-order chi connectivity index (χ1) is 25.7. The molecule has 11 rings (SSSR count). The van der Waals surface area contributed by atoms with E-state index in [0.717, 1.165) is 105 Å². The van der Waals surface area contributed by atoms with Gasteiger partial charge in [-0.1, -0.05) is 78.9 Å². The Kier molecular flexibility index (Phi) is 6.22. The van der Waals surface area contributed by atoms with Crippen molar-refractivity contribution in [3.63, 3.8) is 0 Å². The Hall–Kier alpha value is -7.04. The highest BCUT2D eigenvalue weighted by molar-refractivity contribution is 6.10. The van der Waals surface area contributed by atoms with Crippen molar-refractivity contribution in [1.82, 2.24) is 0 Å². The number of fused-ring (bicyclic) bond motifs is 9. The number of hydrogen-bond donors (Lipinski definition) is 0. The van der Waals surface area contributed by atoms with E-state index < -0.39 is 0 Å². The third kappa shape index (κ3) is 4.55. The molecule has 3 heterocycles. The highest BCUT2D eigenvalue weighted by atomic mass is 16.3. The van der Waals surface area contributed by atoms with Crippen molar-refractivity contribution in [2.75, 3.05) is 4.90 Å². The minimum absolute atomic E-state index is 0.851. The number of benzene rings is 8. The monoisotopic (exact) mass is 667 g/mol. The summed E-state index contributed by atoms with van der Waals surface area (Å²) in [4.78, 5) is 2.25. The summed E-state index contributed by atoms with van der Waals surface area (Å²) in [6.07, 6.45) is 0. The van der Waals surface area contributed by atoms with Gasteiger partial charge in [0.25, 0.3) is 0 Å². The summed E-state index contributed by atoms with van der Waals surface area (Å²) in [6.45, 7) is 0. The maximum absolute atomic E-state index is 6.45. The maximum atomic E-state index is 6.45. The van der Waals surface area contributed by atoms with Crippen LogP contribution >= 0.6 is 0 Å². The fraction of sp³-hybridized carbons (Fsp3) is 0. The molecule has 0 atom stereocenters. The third-order valence-corrected chi connectivity index (χ3v) is 10.3. The van der Waals surface area contributed by atoms with E-state index in [2.05, 4.69) is 150 Å². The molecule has 0 aliphatic carbocycles. The maximum Gasteiger partial charge on any atom is 0.137 e. The van der Waals surface area contributed by atoms with Crippen molar-refractivity contribution in [2.24, 2.45) is 0 Å². The number of rotatable bonds is 5. The quantitative estimate of drug-likeness (QED) is 0.183. The lowest BCUT2D eigenvalue weighted by Gasteiger charge is -2.25. The van der Waals surface area contributed by atoms with Gasteiger partial charge in [0.15, 0.2) is 0 Å². The first-order valence-electron chi connectivity index (χ1n) is 17.5. The molecule has 0 unspecified atom stereocenters. The summed E-state index contributed by atoms with van der Waals surface area (Å²) in [5, 5.41) is 6.62. The van der Waals surface area contributed by atoms with Gasteiger partial charge in [0.05, 0.1) is 0 Å². The third-order valence-electron chi connectivity index (χ3n) is 10.3. The second kappa shape index (κ2) is 11.2. The van der Waals surface area contributed by atoms with Gasteiger partial charge >= 0.3 is 0 Å². The molecular formula is C48H29NO3. The molecule has 11 aromatic rings. The first kappa shape index (κ1) is 28.8. The van der Waals surface area contributed by atoms with Crippen LogP contribution in [0.4, 0.5) is 17.1 Å². The van der Waals surface area contributed by atoms with E-state index in [0.29, 0.717) is 0 Å². The number of furan rings is 3. The molecule has 0 radical (unpaired) electrons. The molecule has 4 heteroatoms. The molecule has 3 aromatic heterocycles. The van der Waals surface area contributed by atoms with Crippen LogP contribution in [-0.2, 0) is 0 Å². The normalized spacial score (nSPS) is 11.8. The Labute approximate surface area is 298 Å². The summed E-state index contributed by atoms with van der Waals surface area (Å²) in [7, 11) is 0. The van der Waals surface area contributed by atoms with Crippen molar-refractivity contribution in [3.8, 4) is 22.3 Å². The number of nitrogens with zero attached hydrogens (tertiary/aromatic N) is 1. The topological polar surface area (TPSA) is 42.7 Å². The molecule has 0 saturated heterocycles. The van der Waals surface area contributed by atoms with E-state index in [1.54, 1.807) is 0 Å². The minimum Gasteiger partial charge on any atom is -0.456 e. The second-order valence-corrected chi connectivity index (χ2v) is 13.3. The van der Waals surface area contributed by atoms with Gasteiger partial charge < -0.3 is 18.2 Å². The molecule has 0 bridgehead atoms. The van der Waals surface area contributed by atoms with Gasteiger partial charge in [0.1, 0.15) is 33.5 Å². The van der Waals surface area contributed by atoms with Crippen LogP contribution in [0.2, 0.25) is 0 Å². The molecular weight excluding hydrogens is 639 g/mol. The van der Waals surface area contributed by atoms with Crippen LogP contribution in [-0.4, -0.2) is 0 Å². The van der Waals surface area contributed by atoms with E-state index in [9.17, 15) is 0 Å². The standard InChI is InChI=1S/C48H29NO3/c1-3-9-34(10-4-1)49(35-11-5-2-6-12-35)36-19-22-40-42-26-31(18-24-45(42)52-48(40)29-36)33-16-21-39-41-25-30(17-23-44(41)51-47(39)28-33)32-15-20-38-37-13-7-8-14-43(37)50-46(38)27-32/h1-29H. The Morgan fingerprint density at radius 1 is 0.250 bits per heavy atom. The van der Waals surface area contributed by atoms with E-state index in [1.165, 1.54) is 0 Å². The van der Waals surface area contributed by atoms with Crippen molar-refractivity contribution in [1.29, 1.82) is 0 Å². The van der Waals surface area contributed by atoms with Gasteiger partial charge in [-0.2, -0.15) is 0 Å². The molecule has 0 spiro atoms. The highest BCUT2D eigenvalue weighted by Gasteiger charge is 2.17. The van der Waals surface area contributed by atoms with E-state index >= 15 is 0 Å². The lowest BCUT2D eigenvalue weighted by Crippen LogP contribution is -2.09. The van der Waals surface area contributed by atoms with E-state index in [-0.39, 0.29) is 0 Å². The molecule has 0 aliphatic heterocycles. The van der Waals surface area contributed by atoms with Gasteiger partial charge in [-0.25, -0.2) is 0 Å². The number of para-hydroxylation sites is 3. The van der Waals surface area contributed by atoms with Crippen LogP contribution in [0.3, 0.4) is 0 Å². The molecule has 0 N–H and O–H groups in total. The summed E-state index contributed by atoms with van der Waals surface area (Å²) >= 11 is 0. The zero-order chi connectivity index (χ0) is 34.2. The van der Waals surface area contributed by atoms with Crippen molar-refractivity contribution in [2.45, 2.75) is 0 Å². The Balaban J connectivity index is 0.955. The van der Waals surface area contributed by atoms with Gasteiger partial charge in [0.2, 0.25) is 0 Å². The van der Waals surface area contributed by atoms with Crippen LogP contribution < -0.4 is 4.90 Å². The predicted octanol–water partition coefficient (Wildman–Crippen LogP) is 14.2. The summed E-state index contributed by atoms with van der Waals surface area (Å²) in [5.41, 5.74) is 12.9. The zero-order valence-corrected chi connectivity index (χ0v) is 27.9. The van der Waals surface area contributed by atoms with Crippen molar-refractivity contribution in [3.05, 3.63) is 176 Å². The van der Waals surface area contributed by atoms with Gasteiger partial charge in [-0.3, -0.25) is 0 Å². The number of anilines is 3. The average Bonchev–Trinajstić information content (AvgIpc) is 3.88. The predicted molar refractivity (Wildman–Crippen MR) is 214 cm³/mol. The Bertz CT molecular complexity index is 3090. The van der Waals surface area contributed by atoms with Crippen molar-refractivity contribution >= 4 is 82.9 Å². The first-order valence-corrected chi connectivity index (χ1v) is 17.5. The number of hydrogen-bond acceptors (Lipinski definition) is 4. The average molecular weight is 668 g/mol. The smallest absolute Gasteiger partial charge is 0.137 e. The lowest BCUT2D eigenvalue weighted by molar-refractivity contribution is 0.668. The Morgan fingerprint density at radius 3 is 1.23 bits per heavy atom. The zero-order valence-electron chi connectivity index (χ0n) is 27.9. The van der Waals surface area contributed by atoms with Crippen LogP contribution in [0.1, 0.15) is 0 Å². The van der Waals surface area contributed by atoms with Crippen LogP contribution in [0.15, 0.2) is 189 Å². The van der Waals surface area contributed by atoms with E-state index in [1.807, 2.05) is 30.3 Å². The van der Waals surface area contributed by atoms with Crippen LogP contribution in [0, 0.1) is 0 Å². The summed E-state index contributed by atoms with van der Waals surface area (Å²) in [5.74, 6) is 0. The van der Waals surface area contributed by atoms with Gasteiger partial charge in [0, 0.05) is 55.4 Å². The minimum atomic E-state index is 0.851. The molecule has 8 aromatic carbocycles. The SMILES string of the molecule is c1ccc(N(c2ccccc2)c2ccc3c(c2)oc2ccc(-c4ccc5c(c4)oc4ccc(-c6ccc7c(c6)oc6ccccc67)cc45)cc23)cc1. The molecule has 0 aliphatic rings. The van der Waals surface area contributed by atoms with Crippen LogP contribution in [0.25, 0.3) is 88.1 Å². The van der Waals surface area contributed by atoms with Crippen LogP contribution in [0.5, 0.6) is 0 Å². The lowest BCUT2D eigenvalue weighted by atomic mass is 9.99. The summed E-state index contributed by atoms with van der Waals surface area (Å²) in [6, 6.07) is 61.3. The second-order valence-electron chi connectivity index (χ2n) is 13.3. The fourth-order valence-corrected chi connectivity index (χ4v) is 7.73. The highest BCUT2D eigenvalue weighted by Crippen LogP contribution is 2.41. The molecule has 0 fully saturated rings. The molecule has 52 heavy (non-hydrogen) atoms. The fourth-order valence-electron chi connectivity index (χ4n) is 7.73. The van der Waals surface area contributed by atoms with Crippen molar-refractivity contribution < 1.29 is 13.3 Å². The molecule has 244 valence electrons. The van der Waals surface area contributed by atoms with Gasteiger partial charge in [-0.15, -0.1) is 0 Å². The Morgan fingerprint density at radius 2 is 0.654 bits per heavy atom. The summed E-state index contributed by atoms with van der Waals surface area (Å²) < 4.78 is 19.1. The van der Waals surface area contributed by atoms with E-state index in [4.69, 9.17) is 13.3 Å². The molecule has 4 nitrogen and oxygen atoms in total.